The molecule has 2 aromatic rings. The highest BCUT2D eigenvalue weighted by Crippen LogP contribution is 2.30. The van der Waals surface area contributed by atoms with Crippen LogP contribution in [0.3, 0.4) is 0 Å². The largest absolute Gasteiger partial charge is 0.416 e. The molecule has 0 saturated carbocycles. The van der Waals surface area contributed by atoms with Gasteiger partial charge in [-0.2, -0.15) is 13.2 Å². The van der Waals surface area contributed by atoms with E-state index >= 15 is 0 Å². The number of anilines is 1. The molecular formula is C16H14F4N2O3S. The Kier molecular flexibility index (Phi) is 5.67. The fraction of sp³-hybridized carbons (Fsp3) is 0.188. The predicted molar refractivity (Wildman–Crippen MR) is 86.4 cm³/mol. The summed E-state index contributed by atoms with van der Waals surface area (Å²) >= 11 is 0. The molecule has 0 bridgehead atoms. The summed E-state index contributed by atoms with van der Waals surface area (Å²) in [4.78, 5) is 11.2. The van der Waals surface area contributed by atoms with Crippen LogP contribution in [0.25, 0.3) is 0 Å². The molecule has 26 heavy (non-hydrogen) atoms. The first kappa shape index (κ1) is 19.9. The summed E-state index contributed by atoms with van der Waals surface area (Å²) in [5, 5.41) is 2.19. The monoisotopic (exact) mass is 390 g/mol. The third-order valence-electron chi connectivity index (χ3n) is 3.29. The molecule has 0 aliphatic heterocycles. The maximum Gasteiger partial charge on any atom is 0.416 e. The van der Waals surface area contributed by atoms with Gasteiger partial charge in [0.2, 0.25) is 15.9 Å². The lowest BCUT2D eigenvalue weighted by molar-refractivity contribution is -0.137. The fourth-order valence-corrected chi connectivity index (χ4v) is 3.04. The molecule has 0 unspecified atom stereocenters. The third-order valence-corrected chi connectivity index (χ3v) is 4.69. The number of rotatable bonds is 5. The lowest BCUT2D eigenvalue weighted by atomic mass is 10.2. The standard InChI is InChI=1S/C16H14F4N2O3S/c1-10-5-6-13(17)14(7-10)22-15(23)9-21-26(24,25)12-4-2-3-11(8-12)16(18,19)20/h2-8,21H,9H2,1H3,(H,22,23). The van der Waals surface area contributed by atoms with Crippen LogP contribution in [-0.4, -0.2) is 20.9 Å². The van der Waals surface area contributed by atoms with Crippen molar-refractivity contribution < 1.29 is 30.8 Å². The Bertz CT molecular complexity index is 927. The average molecular weight is 390 g/mol. The minimum Gasteiger partial charge on any atom is -0.322 e. The first-order valence-electron chi connectivity index (χ1n) is 7.22. The van der Waals surface area contributed by atoms with E-state index in [1.807, 2.05) is 4.72 Å². The second-order valence-electron chi connectivity index (χ2n) is 5.38. The molecule has 5 nitrogen and oxygen atoms in total. The van der Waals surface area contributed by atoms with E-state index in [-0.39, 0.29) is 5.69 Å². The van der Waals surface area contributed by atoms with Gasteiger partial charge in [0, 0.05) is 0 Å². The van der Waals surface area contributed by atoms with Gasteiger partial charge in [0.1, 0.15) is 5.82 Å². The number of sulfonamides is 1. The number of halogens is 4. The lowest BCUT2D eigenvalue weighted by Gasteiger charge is -2.11. The molecule has 140 valence electrons. The molecule has 0 atom stereocenters. The van der Waals surface area contributed by atoms with Crippen LogP contribution < -0.4 is 10.0 Å². The maximum absolute atomic E-state index is 13.6. The summed E-state index contributed by atoms with van der Waals surface area (Å²) in [6.07, 6.45) is -4.70. The Labute approximate surface area is 147 Å². The van der Waals surface area contributed by atoms with Gasteiger partial charge in [0.25, 0.3) is 0 Å². The SMILES string of the molecule is Cc1ccc(F)c(NC(=O)CNS(=O)(=O)c2cccc(C(F)(F)F)c2)c1. The van der Waals surface area contributed by atoms with Crippen LogP contribution in [0.4, 0.5) is 23.2 Å². The molecule has 0 radical (unpaired) electrons. The molecule has 0 aromatic heterocycles. The van der Waals surface area contributed by atoms with Gasteiger partial charge >= 0.3 is 6.18 Å². The lowest BCUT2D eigenvalue weighted by Crippen LogP contribution is -2.33. The number of benzene rings is 2. The zero-order chi connectivity index (χ0) is 19.5. The van der Waals surface area contributed by atoms with Crippen LogP contribution in [-0.2, 0) is 21.0 Å². The molecule has 2 aromatic carbocycles. The van der Waals surface area contributed by atoms with E-state index in [2.05, 4.69) is 5.32 Å². The molecule has 0 aliphatic carbocycles. The van der Waals surface area contributed by atoms with Crippen molar-refractivity contribution in [2.24, 2.45) is 0 Å². The van der Waals surface area contributed by atoms with Gasteiger partial charge in [0.05, 0.1) is 22.7 Å². The van der Waals surface area contributed by atoms with Crippen molar-refractivity contribution in [3.8, 4) is 0 Å². The molecule has 0 saturated heterocycles. The Hall–Kier alpha value is -2.46. The predicted octanol–water partition coefficient (Wildman–Crippen LogP) is 3.07. The molecule has 2 N–H and O–H groups in total. The Morgan fingerprint density at radius 2 is 1.81 bits per heavy atom. The molecule has 0 heterocycles. The van der Waals surface area contributed by atoms with Crippen LogP contribution in [0.2, 0.25) is 0 Å². The first-order chi connectivity index (χ1) is 12.0. The molecule has 2 rings (SSSR count). The summed E-state index contributed by atoms with van der Waals surface area (Å²) in [6.45, 7) is 0.900. The topological polar surface area (TPSA) is 75.3 Å². The summed E-state index contributed by atoms with van der Waals surface area (Å²) in [7, 11) is -4.35. The van der Waals surface area contributed by atoms with Crippen molar-refractivity contribution in [3.63, 3.8) is 0 Å². The van der Waals surface area contributed by atoms with Crippen molar-refractivity contribution in [1.82, 2.24) is 4.72 Å². The van der Waals surface area contributed by atoms with Crippen LogP contribution in [0, 0.1) is 12.7 Å². The zero-order valence-electron chi connectivity index (χ0n) is 13.4. The van der Waals surface area contributed by atoms with Crippen LogP contribution in [0.5, 0.6) is 0 Å². The number of nitrogens with one attached hydrogen (secondary N) is 2. The van der Waals surface area contributed by atoms with Gasteiger partial charge in [-0.25, -0.2) is 17.5 Å². The number of hydrogen-bond donors (Lipinski definition) is 2. The number of carbonyl (C=O) groups excluding carboxylic acids is 1. The highest BCUT2D eigenvalue weighted by molar-refractivity contribution is 7.89. The van der Waals surface area contributed by atoms with E-state index in [1.165, 1.54) is 12.1 Å². The molecular weight excluding hydrogens is 376 g/mol. The molecule has 1 amide bonds. The van der Waals surface area contributed by atoms with Crippen molar-refractivity contribution >= 4 is 21.6 Å². The first-order valence-corrected chi connectivity index (χ1v) is 8.70. The second kappa shape index (κ2) is 7.42. The molecule has 0 aliphatic rings. The number of alkyl halides is 3. The third kappa shape index (κ3) is 5.02. The van der Waals surface area contributed by atoms with Gasteiger partial charge in [-0.05, 0) is 42.8 Å². The molecule has 0 spiro atoms. The van der Waals surface area contributed by atoms with Gasteiger partial charge in [0.15, 0.2) is 0 Å². The summed E-state index contributed by atoms with van der Waals surface area (Å²) in [5.74, 6) is -1.57. The van der Waals surface area contributed by atoms with Gasteiger partial charge in [-0.3, -0.25) is 4.79 Å². The minimum atomic E-state index is -4.70. The van der Waals surface area contributed by atoms with Crippen LogP contribution >= 0.6 is 0 Å². The van der Waals surface area contributed by atoms with Crippen molar-refractivity contribution in [2.45, 2.75) is 18.0 Å². The van der Waals surface area contributed by atoms with Gasteiger partial charge in [-0.15, -0.1) is 0 Å². The zero-order valence-corrected chi connectivity index (χ0v) is 14.2. The Balaban J connectivity index is 2.08. The minimum absolute atomic E-state index is 0.131. The quantitative estimate of drug-likeness (QED) is 0.771. The van der Waals surface area contributed by atoms with E-state index in [0.717, 1.165) is 24.3 Å². The Morgan fingerprint density at radius 1 is 1.12 bits per heavy atom. The van der Waals surface area contributed by atoms with Crippen molar-refractivity contribution in [3.05, 3.63) is 59.4 Å². The summed E-state index contributed by atoms with van der Waals surface area (Å²) in [6, 6.07) is 7.08. The smallest absolute Gasteiger partial charge is 0.322 e. The maximum atomic E-state index is 13.6. The van der Waals surface area contributed by atoms with E-state index in [4.69, 9.17) is 0 Å². The highest BCUT2D eigenvalue weighted by atomic mass is 32.2. The van der Waals surface area contributed by atoms with Gasteiger partial charge < -0.3 is 5.32 Å². The van der Waals surface area contributed by atoms with Crippen LogP contribution in [0.15, 0.2) is 47.4 Å². The second-order valence-corrected chi connectivity index (χ2v) is 7.15. The Morgan fingerprint density at radius 3 is 2.46 bits per heavy atom. The molecule has 10 heteroatoms. The van der Waals surface area contributed by atoms with Crippen LogP contribution in [0.1, 0.15) is 11.1 Å². The van der Waals surface area contributed by atoms with E-state index in [0.29, 0.717) is 11.6 Å². The van der Waals surface area contributed by atoms with Crippen molar-refractivity contribution in [1.29, 1.82) is 0 Å². The van der Waals surface area contributed by atoms with E-state index in [9.17, 15) is 30.8 Å². The van der Waals surface area contributed by atoms with Gasteiger partial charge in [-0.1, -0.05) is 12.1 Å². The number of hydrogen-bond acceptors (Lipinski definition) is 3. The number of aryl methyl sites for hydroxylation is 1. The summed E-state index contributed by atoms with van der Waals surface area (Å²) in [5.41, 5.74) is -0.592. The average Bonchev–Trinajstić information content (AvgIpc) is 2.56. The van der Waals surface area contributed by atoms with E-state index in [1.54, 1.807) is 6.92 Å². The normalized spacial score (nSPS) is 12.0. The number of amides is 1. The van der Waals surface area contributed by atoms with E-state index < -0.39 is 44.9 Å². The number of carbonyl (C=O) groups is 1. The van der Waals surface area contributed by atoms with Crippen molar-refractivity contribution in [2.75, 3.05) is 11.9 Å². The fourth-order valence-electron chi connectivity index (χ4n) is 2.01. The highest BCUT2D eigenvalue weighted by Gasteiger charge is 2.31. The summed E-state index contributed by atoms with van der Waals surface area (Å²) < 4.78 is 77.6. The molecule has 0 fully saturated rings.